The van der Waals surface area contributed by atoms with E-state index in [4.69, 9.17) is 0 Å². The number of carbonyl (C=O) groups is 1. The van der Waals surface area contributed by atoms with Crippen LogP contribution in [0.2, 0.25) is 0 Å². The summed E-state index contributed by atoms with van der Waals surface area (Å²) in [6.07, 6.45) is 7.58. The van der Waals surface area contributed by atoms with E-state index in [0.29, 0.717) is 18.0 Å². The molecule has 4 nitrogen and oxygen atoms in total. The van der Waals surface area contributed by atoms with E-state index < -0.39 is 0 Å². The Labute approximate surface area is 122 Å². The SMILES string of the molecule is CC(CNC(=O)C1CC2CCC1N2)CN1CCCCC1. The highest BCUT2D eigenvalue weighted by molar-refractivity contribution is 5.80. The first-order chi connectivity index (χ1) is 9.72. The third kappa shape index (κ3) is 3.34. The highest BCUT2D eigenvalue weighted by atomic mass is 16.1. The van der Waals surface area contributed by atoms with Crippen LogP contribution in [0.5, 0.6) is 0 Å². The van der Waals surface area contributed by atoms with E-state index in [1.54, 1.807) is 0 Å². The Kier molecular flexibility index (Phi) is 4.61. The number of nitrogens with one attached hydrogen (secondary N) is 2. The summed E-state index contributed by atoms with van der Waals surface area (Å²) in [5.41, 5.74) is 0. The molecule has 0 radical (unpaired) electrons. The Balaban J connectivity index is 1.37. The molecule has 0 aromatic rings. The molecular formula is C16H29N3O. The summed E-state index contributed by atoms with van der Waals surface area (Å²) in [5, 5.41) is 6.74. The van der Waals surface area contributed by atoms with Gasteiger partial charge in [-0.25, -0.2) is 0 Å². The summed E-state index contributed by atoms with van der Waals surface area (Å²) < 4.78 is 0. The monoisotopic (exact) mass is 279 g/mol. The third-order valence-corrected chi connectivity index (χ3v) is 5.28. The Morgan fingerprint density at radius 2 is 2.10 bits per heavy atom. The van der Waals surface area contributed by atoms with Gasteiger partial charge in [0.2, 0.25) is 5.91 Å². The molecule has 4 unspecified atom stereocenters. The van der Waals surface area contributed by atoms with E-state index >= 15 is 0 Å². The minimum absolute atomic E-state index is 0.232. The maximum Gasteiger partial charge on any atom is 0.224 e. The van der Waals surface area contributed by atoms with Crippen molar-refractivity contribution in [1.82, 2.24) is 15.5 Å². The second-order valence-electron chi connectivity index (χ2n) is 7.10. The molecule has 3 aliphatic rings. The molecule has 2 N–H and O–H groups in total. The van der Waals surface area contributed by atoms with Crippen molar-refractivity contribution in [3.8, 4) is 0 Å². The van der Waals surface area contributed by atoms with Crippen LogP contribution in [-0.2, 0) is 4.79 Å². The van der Waals surface area contributed by atoms with Crippen LogP contribution in [0.3, 0.4) is 0 Å². The van der Waals surface area contributed by atoms with Gasteiger partial charge in [-0.15, -0.1) is 0 Å². The number of piperidine rings is 1. The van der Waals surface area contributed by atoms with E-state index in [9.17, 15) is 4.79 Å². The van der Waals surface area contributed by atoms with Crippen LogP contribution < -0.4 is 10.6 Å². The summed E-state index contributed by atoms with van der Waals surface area (Å²) in [5.74, 6) is 1.08. The van der Waals surface area contributed by atoms with Crippen LogP contribution in [0.1, 0.15) is 45.4 Å². The second kappa shape index (κ2) is 6.44. The topological polar surface area (TPSA) is 44.4 Å². The van der Waals surface area contributed by atoms with Crippen molar-refractivity contribution in [1.29, 1.82) is 0 Å². The zero-order chi connectivity index (χ0) is 13.9. The molecule has 0 aromatic carbocycles. The zero-order valence-corrected chi connectivity index (χ0v) is 12.7. The number of fused-ring (bicyclic) bond motifs is 2. The number of hydrogen-bond donors (Lipinski definition) is 2. The molecule has 0 saturated carbocycles. The van der Waals surface area contributed by atoms with Gasteiger partial charge in [-0.2, -0.15) is 0 Å². The maximum absolute atomic E-state index is 12.3. The van der Waals surface area contributed by atoms with Crippen molar-refractivity contribution in [3.63, 3.8) is 0 Å². The number of hydrogen-bond acceptors (Lipinski definition) is 3. The number of amides is 1. The van der Waals surface area contributed by atoms with Gasteiger partial charge in [-0.05, 0) is 51.1 Å². The first-order valence-corrected chi connectivity index (χ1v) is 8.48. The second-order valence-corrected chi connectivity index (χ2v) is 7.10. The highest BCUT2D eigenvalue weighted by Gasteiger charge is 2.42. The van der Waals surface area contributed by atoms with Crippen molar-refractivity contribution >= 4 is 5.91 Å². The fourth-order valence-electron chi connectivity index (χ4n) is 4.17. The van der Waals surface area contributed by atoms with Gasteiger partial charge in [0.05, 0.1) is 5.92 Å². The molecule has 3 aliphatic heterocycles. The molecule has 4 heteroatoms. The number of rotatable bonds is 5. The van der Waals surface area contributed by atoms with Crippen LogP contribution in [0.15, 0.2) is 0 Å². The van der Waals surface area contributed by atoms with Gasteiger partial charge >= 0.3 is 0 Å². The predicted octanol–water partition coefficient (Wildman–Crippen LogP) is 1.37. The summed E-state index contributed by atoms with van der Waals surface area (Å²) in [7, 11) is 0. The van der Waals surface area contributed by atoms with Crippen LogP contribution in [-0.4, -0.2) is 49.1 Å². The van der Waals surface area contributed by atoms with Crippen molar-refractivity contribution in [3.05, 3.63) is 0 Å². The number of carbonyl (C=O) groups excluding carboxylic acids is 1. The molecule has 3 saturated heterocycles. The van der Waals surface area contributed by atoms with Crippen molar-refractivity contribution in [2.45, 2.75) is 57.5 Å². The summed E-state index contributed by atoms with van der Waals surface area (Å²) in [6, 6.07) is 1.07. The van der Waals surface area contributed by atoms with Crippen LogP contribution in [0.4, 0.5) is 0 Å². The largest absolute Gasteiger partial charge is 0.355 e. The lowest BCUT2D eigenvalue weighted by Crippen LogP contribution is -2.42. The van der Waals surface area contributed by atoms with Crippen LogP contribution in [0, 0.1) is 11.8 Å². The third-order valence-electron chi connectivity index (χ3n) is 5.28. The van der Waals surface area contributed by atoms with E-state index in [0.717, 1.165) is 19.5 Å². The van der Waals surface area contributed by atoms with Gasteiger partial charge in [0.25, 0.3) is 0 Å². The molecule has 4 atom stereocenters. The lowest BCUT2D eigenvalue weighted by molar-refractivity contribution is -0.125. The van der Waals surface area contributed by atoms with Gasteiger partial charge < -0.3 is 15.5 Å². The fraction of sp³-hybridized carbons (Fsp3) is 0.938. The lowest BCUT2D eigenvalue weighted by atomic mass is 9.88. The van der Waals surface area contributed by atoms with E-state index in [1.165, 1.54) is 45.2 Å². The maximum atomic E-state index is 12.3. The van der Waals surface area contributed by atoms with E-state index in [2.05, 4.69) is 22.5 Å². The van der Waals surface area contributed by atoms with E-state index in [-0.39, 0.29) is 11.8 Å². The highest BCUT2D eigenvalue weighted by Crippen LogP contribution is 2.33. The molecule has 3 fully saturated rings. The number of likely N-dealkylation sites (tertiary alicyclic amines) is 1. The smallest absolute Gasteiger partial charge is 0.224 e. The van der Waals surface area contributed by atoms with Gasteiger partial charge in [0.1, 0.15) is 0 Å². The minimum Gasteiger partial charge on any atom is -0.355 e. The van der Waals surface area contributed by atoms with Gasteiger partial charge in [0.15, 0.2) is 0 Å². The first kappa shape index (κ1) is 14.3. The molecule has 1 amide bonds. The van der Waals surface area contributed by atoms with Gasteiger partial charge in [-0.3, -0.25) is 4.79 Å². The Hall–Kier alpha value is -0.610. The summed E-state index contributed by atoms with van der Waals surface area (Å²) in [6.45, 7) is 6.72. The average molecular weight is 279 g/mol. The van der Waals surface area contributed by atoms with Crippen molar-refractivity contribution in [2.75, 3.05) is 26.2 Å². The minimum atomic E-state index is 0.232. The van der Waals surface area contributed by atoms with Crippen LogP contribution >= 0.6 is 0 Å². The Morgan fingerprint density at radius 1 is 1.30 bits per heavy atom. The molecule has 3 rings (SSSR count). The standard InChI is InChI=1S/C16H29N3O/c1-12(11-19-7-3-2-4-8-19)10-17-16(20)14-9-13-5-6-15(14)18-13/h12-15,18H,2-11H2,1H3,(H,17,20). The van der Waals surface area contributed by atoms with E-state index in [1.807, 2.05) is 0 Å². The molecule has 0 spiro atoms. The summed E-state index contributed by atoms with van der Waals surface area (Å²) >= 11 is 0. The average Bonchev–Trinajstić information content (AvgIpc) is 3.08. The molecule has 0 aromatic heterocycles. The lowest BCUT2D eigenvalue weighted by Gasteiger charge is -2.29. The quantitative estimate of drug-likeness (QED) is 0.799. The molecule has 114 valence electrons. The van der Waals surface area contributed by atoms with Gasteiger partial charge in [-0.1, -0.05) is 13.3 Å². The molecule has 2 bridgehead atoms. The van der Waals surface area contributed by atoms with Crippen molar-refractivity contribution < 1.29 is 4.79 Å². The predicted molar refractivity (Wildman–Crippen MR) is 80.5 cm³/mol. The van der Waals surface area contributed by atoms with Gasteiger partial charge in [0, 0.05) is 25.2 Å². The number of nitrogens with zero attached hydrogens (tertiary/aromatic N) is 1. The Bertz CT molecular complexity index is 341. The zero-order valence-electron chi connectivity index (χ0n) is 12.7. The van der Waals surface area contributed by atoms with Crippen LogP contribution in [0.25, 0.3) is 0 Å². The summed E-state index contributed by atoms with van der Waals surface area (Å²) in [4.78, 5) is 14.8. The fourth-order valence-corrected chi connectivity index (χ4v) is 4.17. The molecular weight excluding hydrogens is 250 g/mol. The molecule has 3 heterocycles. The molecule has 20 heavy (non-hydrogen) atoms. The first-order valence-electron chi connectivity index (χ1n) is 8.48. The molecule has 0 aliphatic carbocycles. The normalized spacial score (nSPS) is 35.1. The Morgan fingerprint density at radius 3 is 2.75 bits per heavy atom. The van der Waals surface area contributed by atoms with Crippen molar-refractivity contribution in [2.24, 2.45) is 11.8 Å².